The second-order valence-electron chi connectivity index (χ2n) is 5.63. The van der Waals surface area contributed by atoms with Crippen LogP contribution in [0, 0.1) is 0 Å². The van der Waals surface area contributed by atoms with E-state index in [1.54, 1.807) is 30.2 Å². The number of hydrogen-bond donors (Lipinski definition) is 0. The predicted octanol–water partition coefficient (Wildman–Crippen LogP) is 2.58. The van der Waals surface area contributed by atoms with Crippen LogP contribution in [0.3, 0.4) is 0 Å². The molecule has 0 atom stereocenters. The molecule has 24 heavy (non-hydrogen) atoms. The lowest BCUT2D eigenvalue weighted by Gasteiger charge is -2.17. The van der Waals surface area contributed by atoms with Crippen molar-refractivity contribution in [1.29, 1.82) is 0 Å². The standard InChI is InChI=1S/C19H19NO4/c1-23-12-14-5-4-7-16(11-14)19(22)24-13-18(21)20-10-9-15-6-2-3-8-17(15)20/h2-8,11H,9-10,12-13H2,1H3. The third-order valence-corrected chi connectivity index (χ3v) is 3.99. The second kappa shape index (κ2) is 7.27. The van der Waals surface area contributed by atoms with E-state index in [9.17, 15) is 9.59 Å². The van der Waals surface area contributed by atoms with Gasteiger partial charge in [0, 0.05) is 19.3 Å². The summed E-state index contributed by atoms with van der Waals surface area (Å²) >= 11 is 0. The molecule has 1 heterocycles. The molecule has 0 saturated heterocycles. The summed E-state index contributed by atoms with van der Waals surface area (Å²) in [6.45, 7) is 0.783. The normalized spacial score (nSPS) is 12.8. The molecule has 0 aliphatic carbocycles. The van der Waals surface area contributed by atoms with Gasteiger partial charge in [-0.1, -0.05) is 30.3 Å². The van der Waals surface area contributed by atoms with Gasteiger partial charge in [0.05, 0.1) is 12.2 Å². The highest BCUT2D eigenvalue weighted by Gasteiger charge is 2.25. The number of anilines is 1. The van der Waals surface area contributed by atoms with Crippen LogP contribution in [0.15, 0.2) is 48.5 Å². The Morgan fingerprint density at radius 1 is 1.12 bits per heavy atom. The van der Waals surface area contributed by atoms with Crippen molar-refractivity contribution in [3.63, 3.8) is 0 Å². The smallest absolute Gasteiger partial charge is 0.338 e. The lowest BCUT2D eigenvalue weighted by molar-refractivity contribution is -0.121. The van der Waals surface area contributed by atoms with Crippen molar-refractivity contribution in [3.8, 4) is 0 Å². The number of hydrogen-bond acceptors (Lipinski definition) is 4. The molecule has 0 spiro atoms. The topological polar surface area (TPSA) is 55.8 Å². The summed E-state index contributed by atoms with van der Waals surface area (Å²) in [7, 11) is 1.59. The first-order valence-electron chi connectivity index (χ1n) is 7.82. The van der Waals surface area contributed by atoms with E-state index in [1.165, 1.54) is 0 Å². The largest absolute Gasteiger partial charge is 0.452 e. The van der Waals surface area contributed by atoms with E-state index in [4.69, 9.17) is 9.47 Å². The zero-order chi connectivity index (χ0) is 16.9. The highest BCUT2D eigenvalue weighted by Crippen LogP contribution is 2.27. The lowest BCUT2D eigenvalue weighted by atomic mass is 10.1. The minimum atomic E-state index is -0.506. The quantitative estimate of drug-likeness (QED) is 0.793. The summed E-state index contributed by atoms with van der Waals surface area (Å²) in [4.78, 5) is 26.1. The van der Waals surface area contributed by atoms with Crippen molar-refractivity contribution in [1.82, 2.24) is 0 Å². The number of methoxy groups -OCH3 is 1. The van der Waals surface area contributed by atoms with Gasteiger partial charge in [0.25, 0.3) is 5.91 Å². The van der Waals surface area contributed by atoms with Crippen molar-refractivity contribution < 1.29 is 19.1 Å². The molecule has 2 aromatic carbocycles. The summed E-state index contributed by atoms with van der Waals surface area (Å²) in [5.74, 6) is -0.713. The zero-order valence-electron chi connectivity index (χ0n) is 13.5. The maximum Gasteiger partial charge on any atom is 0.338 e. The molecule has 0 fully saturated rings. The second-order valence-corrected chi connectivity index (χ2v) is 5.63. The molecule has 1 aliphatic rings. The fourth-order valence-corrected chi connectivity index (χ4v) is 2.84. The van der Waals surface area contributed by atoms with Gasteiger partial charge in [-0.05, 0) is 35.7 Å². The number of ether oxygens (including phenoxy) is 2. The van der Waals surface area contributed by atoms with E-state index in [1.807, 2.05) is 30.3 Å². The van der Waals surface area contributed by atoms with Gasteiger partial charge in [-0.15, -0.1) is 0 Å². The van der Waals surface area contributed by atoms with Gasteiger partial charge in [0.2, 0.25) is 0 Å². The van der Waals surface area contributed by atoms with Crippen molar-refractivity contribution in [2.24, 2.45) is 0 Å². The number of carbonyl (C=O) groups excluding carboxylic acids is 2. The molecular formula is C19H19NO4. The third kappa shape index (κ3) is 3.46. The van der Waals surface area contributed by atoms with Crippen LogP contribution in [0.4, 0.5) is 5.69 Å². The van der Waals surface area contributed by atoms with Crippen LogP contribution in [-0.2, 0) is 27.3 Å². The predicted molar refractivity (Wildman–Crippen MR) is 89.9 cm³/mol. The fraction of sp³-hybridized carbons (Fsp3) is 0.263. The summed E-state index contributed by atoms with van der Waals surface area (Å²) in [6, 6.07) is 14.8. The Balaban J connectivity index is 1.61. The van der Waals surface area contributed by atoms with Crippen LogP contribution >= 0.6 is 0 Å². The van der Waals surface area contributed by atoms with Gasteiger partial charge in [-0.25, -0.2) is 4.79 Å². The van der Waals surface area contributed by atoms with Gasteiger partial charge < -0.3 is 14.4 Å². The fourth-order valence-electron chi connectivity index (χ4n) is 2.84. The highest BCUT2D eigenvalue weighted by molar-refractivity contribution is 5.98. The average Bonchev–Trinajstić information content (AvgIpc) is 3.04. The van der Waals surface area contributed by atoms with E-state index in [2.05, 4.69) is 0 Å². The Hall–Kier alpha value is -2.66. The average molecular weight is 325 g/mol. The molecule has 2 aromatic rings. The molecule has 1 amide bonds. The molecule has 0 unspecified atom stereocenters. The number of nitrogens with zero attached hydrogens (tertiary/aromatic N) is 1. The van der Waals surface area contributed by atoms with E-state index in [-0.39, 0.29) is 12.5 Å². The van der Waals surface area contributed by atoms with Crippen molar-refractivity contribution in [2.45, 2.75) is 13.0 Å². The maximum atomic E-state index is 12.3. The van der Waals surface area contributed by atoms with Gasteiger partial charge in [0.1, 0.15) is 0 Å². The molecule has 3 rings (SSSR count). The number of amides is 1. The van der Waals surface area contributed by atoms with E-state index in [0.29, 0.717) is 18.7 Å². The molecule has 0 radical (unpaired) electrons. The molecule has 0 aromatic heterocycles. The molecule has 124 valence electrons. The first-order chi connectivity index (χ1) is 11.7. The minimum Gasteiger partial charge on any atom is -0.452 e. The number of para-hydroxylation sites is 1. The van der Waals surface area contributed by atoms with E-state index in [0.717, 1.165) is 23.2 Å². The van der Waals surface area contributed by atoms with Crippen LogP contribution in [0.2, 0.25) is 0 Å². The van der Waals surface area contributed by atoms with Crippen LogP contribution in [0.25, 0.3) is 0 Å². The van der Waals surface area contributed by atoms with Crippen molar-refractivity contribution >= 4 is 17.6 Å². The van der Waals surface area contributed by atoms with Crippen molar-refractivity contribution in [3.05, 3.63) is 65.2 Å². The van der Waals surface area contributed by atoms with Gasteiger partial charge >= 0.3 is 5.97 Å². The Morgan fingerprint density at radius 2 is 1.96 bits per heavy atom. The van der Waals surface area contributed by atoms with Crippen LogP contribution in [0.1, 0.15) is 21.5 Å². The molecule has 0 saturated carbocycles. The molecule has 5 nitrogen and oxygen atoms in total. The van der Waals surface area contributed by atoms with Gasteiger partial charge in [0.15, 0.2) is 6.61 Å². The number of rotatable bonds is 5. The van der Waals surface area contributed by atoms with E-state index >= 15 is 0 Å². The molecule has 1 aliphatic heterocycles. The maximum absolute atomic E-state index is 12.3. The number of carbonyl (C=O) groups is 2. The zero-order valence-corrected chi connectivity index (χ0v) is 13.5. The molecular weight excluding hydrogens is 306 g/mol. The van der Waals surface area contributed by atoms with Gasteiger partial charge in [-0.2, -0.15) is 0 Å². The minimum absolute atomic E-state index is 0.207. The first kappa shape index (κ1) is 16.2. The summed E-state index contributed by atoms with van der Waals surface area (Å²) in [5, 5.41) is 0. The van der Waals surface area contributed by atoms with Crippen molar-refractivity contribution in [2.75, 3.05) is 25.2 Å². The van der Waals surface area contributed by atoms with E-state index < -0.39 is 5.97 Å². The summed E-state index contributed by atoms with van der Waals surface area (Å²) < 4.78 is 10.2. The SMILES string of the molecule is COCc1cccc(C(=O)OCC(=O)N2CCc3ccccc32)c1. The monoisotopic (exact) mass is 325 g/mol. The number of benzene rings is 2. The highest BCUT2D eigenvalue weighted by atomic mass is 16.5. The molecule has 0 N–H and O–H groups in total. The van der Waals surface area contributed by atoms with Crippen LogP contribution < -0.4 is 4.90 Å². The van der Waals surface area contributed by atoms with Crippen LogP contribution in [-0.4, -0.2) is 32.1 Å². The molecule has 0 bridgehead atoms. The van der Waals surface area contributed by atoms with Gasteiger partial charge in [-0.3, -0.25) is 4.79 Å². The first-order valence-corrected chi connectivity index (χ1v) is 7.82. The molecule has 5 heteroatoms. The number of fused-ring (bicyclic) bond motifs is 1. The summed E-state index contributed by atoms with van der Waals surface area (Å²) in [6.07, 6.45) is 0.828. The third-order valence-electron chi connectivity index (χ3n) is 3.99. The lowest BCUT2D eigenvalue weighted by Crippen LogP contribution is -2.33. The summed E-state index contributed by atoms with van der Waals surface area (Å²) in [5.41, 5.74) is 3.34. The Bertz CT molecular complexity index is 757. The number of esters is 1. The Morgan fingerprint density at radius 3 is 2.79 bits per heavy atom. The van der Waals surface area contributed by atoms with Crippen LogP contribution in [0.5, 0.6) is 0 Å². The Labute approximate surface area is 140 Å². The Kier molecular flexibility index (Phi) is 4.91.